The number of aromatic nitrogens is 1. The molecule has 0 unspecified atom stereocenters. The number of para-hydroxylation sites is 1. The smallest absolute Gasteiger partial charge is 0.344 e. The highest BCUT2D eigenvalue weighted by atomic mass is 31.2. The van der Waals surface area contributed by atoms with Crippen LogP contribution in [0.25, 0.3) is 10.9 Å². The van der Waals surface area contributed by atoms with E-state index in [1.807, 2.05) is 98.8 Å². The molecule has 4 rings (SSSR count). The number of aromatic amines is 1. The molecule has 0 aliphatic rings. The van der Waals surface area contributed by atoms with Gasteiger partial charge >= 0.3 is 13.6 Å². The van der Waals surface area contributed by atoms with E-state index in [0.717, 1.165) is 27.6 Å². The average molecular weight is 592 g/mol. The Morgan fingerprint density at radius 3 is 2.00 bits per heavy atom. The molecule has 10 heteroatoms. The number of aliphatic carboxylic acids is 1. The Morgan fingerprint density at radius 1 is 0.857 bits per heavy atom. The molecule has 42 heavy (non-hydrogen) atoms. The van der Waals surface area contributed by atoms with Crippen LogP contribution in [0, 0.1) is 5.92 Å². The number of benzene rings is 3. The predicted molar refractivity (Wildman–Crippen MR) is 163 cm³/mol. The van der Waals surface area contributed by atoms with Gasteiger partial charge in [-0.25, -0.2) is 4.79 Å². The maximum Gasteiger partial charge on any atom is 0.344 e. The Morgan fingerprint density at radius 2 is 1.43 bits per heavy atom. The van der Waals surface area contributed by atoms with Gasteiger partial charge in [-0.1, -0.05) is 92.7 Å². The summed E-state index contributed by atoms with van der Waals surface area (Å²) in [6.45, 7) is 4.06. The summed E-state index contributed by atoms with van der Waals surface area (Å²) in [6, 6.07) is 24.3. The molecular weight excluding hydrogens is 553 g/mol. The van der Waals surface area contributed by atoms with Gasteiger partial charge in [0.05, 0.1) is 25.5 Å². The van der Waals surface area contributed by atoms with Gasteiger partial charge in [-0.2, -0.15) is 0 Å². The lowest BCUT2D eigenvalue weighted by atomic mass is 10.0. The first-order valence-corrected chi connectivity index (χ1v) is 15.7. The number of amides is 1. The fourth-order valence-corrected chi connectivity index (χ4v) is 5.98. The quantitative estimate of drug-likeness (QED) is 0.120. The maximum atomic E-state index is 13.9. The normalized spacial score (nSPS) is 13.2. The number of carbonyl (C=O) groups excluding carboxylic acids is 1. The molecule has 222 valence electrons. The van der Waals surface area contributed by atoms with Crippen LogP contribution in [0.3, 0.4) is 0 Å². The second kappa shape index (κ2) is 14.9. The highest BCUT2D eigenvalue weighted by Gasteiger charge is 2.31. The lowest BCUT2D eigenvalue weighted by Gasteiger charge is -2.25. The number of hydrogen-bond acceptors (Lipinski definition) is 6. The topological polar surface area (TPSA) is 130 Å². The van der Waals surface area contributed by atoms with E-state index in [2.05, 4.69) is 15.6 Å². The Hall–Kier alpha value is -3.75. The van der Waals surface area contributed by atoms with Crippen LogP contribution in [0.4, 0.5) is 0 Å². The van der Waals surface area contributed by atoms with E-state index in [-0.39, 0.29) is 31.8 Å². The van der Waals surface area contributed by atoms with Crippen molar-refractivity contribution in [2.75, 3.05) is 6.29 Å². The summed E-state index contributed by atoms with van der Waals surface area (Å²) in [5, 5.41) is 16.6. The molecule has 4 aromatic rings. The summed E-state index contributed by atoms with van der Waals surface area (Å²) in [6.07, 6.45) is 2.04. The van der Waals surface area contributed by atoms with Crippen LogP contribution in [-0.2, 0) is 42.8 Å². The van der Waals surface area contributed by atoms with Crippen molar-refractivity contribution >= 4 is 30.4 Å². The second-order valence-electron chi connectivity index (χ2n) is 10.6. The predicted octanol–water partition coefficient (Wildman–Crippen LogP) is 5.87. The summed E-state index contributed by atoms with van der Waals surface area (Å²) < 4.78 is 25.6. The molecule has 0 saturated heterocycles. The number of H-pyrrole nitrogens is 1. The zero-order valence-electron chi connectivity index (χ0n) is 23.9. The SMILES string of the molecule is CC(C)C[C@H](NCP(=O)(OCc1ccccc1)OCc1ccccc1)C(=O)N[C@@H](Cc1c[nH]c2ccccc12)C(=O)O. The third-order valence-corrected chi connectivity index (χ3v) is 8.42. The first kappa shape index (κ1) is 31.2. The van der Waals surface area contributed by atoms with Crippen molar-refractivity contribution in [3.63, 3.8) is 0 Å². The zero-order valence-corrected chi connectivity index (χ0v) is 24.8. The van der Waals surface area contributed by atoms with E-state index in [0.29, 0.717) is 6.42 Å². The number of carboxylic acid groups (broad SMARTS) is 1. The lowest BCUT2D eigenvalue weighted by molar-refractivity contribution is -0.142. The van der Waals surface area contributed by atoms with Gasteiger partial charge in [0.15, 0.2) is 0 Å². The van der Waals surface area contributed by atoms with Gasteiger partial charge in [-0.05, 0) is 35.1 Å². The van der Waals surface area contributed by atoms with E-state index >= 15 is 0 Å². The van der Waals surface area contributed by atoms with Gasteiger partial charge in [0.25, 0.3) is 0 Å². The van der Waals surface area contributed by atoms with Crippen molar-refractivity contribution in [2.24, 2.45) is 5.92 Å². The van der Waals surface area contributed by atoms with Crippen LogP contribution in [0.1, 0.15) is 37.0 Å². The molecule has 0 radical (unpaired) electrons. The third-order valence-electron chi connectivity index (χ3n) is 6.81. The van der Waals surface area contributed by atoms with Crippen molar-refractivity contribution in [1.29, 1.82) is 0 Å². The summed E-state index contributed by atoms with van der Waals surface area (Å²) in [5.74, 6) is -1.53. The minimum atomic E-state index is -3.73. The summed E-state index contributed by atoms with van der Waals surface area (Å²) >= 11 is 0. The Bertz CT molecular complexity index is 1440. The van der Waals surface area contributed by atoms with E-state index in [4.69, 9.17) is 9.05 Å². The molecule has 0 spiro atoms. The molecule has 9 nitrogen and oxygen atoms in total. The Balaban J connectivity index is 1.46. The molecule has 0 fully saturated rings. The first-order valence-electron chi connectivity index (χ1n) is 14.0. The van der Waals surface area contributed by atoms with Gasteiger partial charge in [0.1, 0.15) is 6.04 Å². The van der Waals surface area contributed by atoms with Crippen molar-refractivity contribution in [2.45, 2.75) is 52.0 Å². The molecule has 2 atom stereocenters. The van der Waals surface area contributed by atoms with Gasteiger partial charge in [0.2, 0.25) is 5.91 Å². The van der Waals surface area contributed by atoms with Gasteiger partial charge in [-0.15, -0.1) is 0 Å². The number of nitrogens with one attached hydrogen (secondary N) is 3. The minimum Gasteiger partial charge on any atom is -0.480 e. The van der Waals surface area contributed by atoms with E-state index in [1.54, 1.807) is 6.20 Å². The molecule has 0 aliphatic heterocycles. The largest absolute Gasteiger partial charge is 0.480 e. The molecule has 0 aliphatic carbocycles. The molecule has 1 heterocycles. The molecule has 4 N–H and O–H groups in total. The number of hydrogen-bond donors (Lipinski definition) is 4. The molecule has 1 amide bonds. The van der Waals surface area contributed by atoms with Crippen LogP contribution >= 0.6 is 7.60 Å². The average Bonchev–Trinajstić information content (AvgIpc) is 3.40. The van der Waals surface area contributed by atoms with E-state index < -0.39 is 31.6 Å². The van der Waals surface area contributed by atoms with Crippen LogP contribution in [0.15, 0.2) is 91.1 Å². The van der Waals surface area contributed by atoms with Crippen LogP contribution < -0.4 is 10.6 Å². The second-order valence-corrected chi connectivity index (χ2v) is 12.7. The van der Waals surface area contributed by atoms with Crippen LogP contribution in [0.5, 0.6) is 0 Å². The monoisotopic (exact) mass is 591 g/mol. The number of rotatable bonds is 16. The minimum absolute atomic E-state index is 0.0708. The van der Waals surface area contributed by atoms with Crippen molar-refractivity contribution in [1.82, 2.24) is 15.6 Å². The summed E-state index contributed by atoms with van der Waals surface area (Å²) in [4.78, 5) is 28.8. The Labute approximate surface area is 246 Å². The summed E-state index contributed by atoms with van der Waals surface area (Å²) in [5.41, 5.74) is 3.35. The zero-order chi connectivity index (χ0) is 30.0. The van der Waals surface area contributed by atoms with E-state index in [9.17, 15) is 19.3 Å². The third kappa shape index (κ3) is 9.13. The molecular formula is C32H38N3O6P. The van der Waals surface area contributed by atoms with Gasteiger partial charge in [-0.3, -0.25) is 14.7 Å². The molecule has 0 bridgehead atoms. The molecule has 3 aromatic carbocycles. The van der Waals surface area contributed by atoms with E-state index in [1.165, 1.54) is 0 Å². The van der Waals surface area contributed by atoms with Crippen molar-refractivity contribution < 1.29 is 28.3 Å². The number of fused-ring (bicyclic) bond motifs is 1. The van der Waals surface area contributed by atoms with Gasteiger partial charge < -0.3 is 24.5 Å². The fourth-order valence-electron chi connectivity index (χ4n) is 4.59. The van der Waals surface area contributed by atoms with Crippen molar-refractivity contribution in [3.05, 3.63) is 108 Å². The lowest BCUT2D eigenvalue weighted by Crippen LogP contribution is -2.51. The van der Waals surface area contributed by atoms with Crippen LogP contribution in [0.2, 0.25) is 0 Å². The molecule has 1 aromatic heterocycles. The fraction of sp³-hybridized carbons (Fsp3) is 0.312. The summed E-state index contributed by atoms with van der Waals surface area (Å²) in [7, 11) is -3.73. The highest BCUT2D eigenvalue weighted by Crippen LogP contribution is 2.48. The highest BCUT2D eigenvalue weighted by molar-refractivity contribution is 7.53. The maximum absolute atomic E-state index is 13.9. The number of carboxylic acids is 1. The first-order chi connectivity index (χ1) is 20.2. The standard InChI is InChI=1S/C32H38N3O6P/c1-23(2)17-29(31(36)35-30(32(37)38)18-26-19-33-28-16-10-9-15-27(26)28)34-22-42(39,40-20-24-11-5-3-6-12-24)41-21-25-13-7-4-8-14-25/h3-16,19,23,29-30,33-34H,17-18,20-22H2,1-2H3,(H,35,36)(H,37,38)/t29-,30-/m0/s1. The van der Waals surface area contributed by atoms with Gasteiger partial charge in [0, 0.05) is 23.5 Å². The number of carbonyl (C=O) groups is 2. The van der Waals surface area contributed by atoms with Crippen LogP contribution in [-0.4, -0.2) is 40.3 Å². The molecule has 0 saturated carbocycles. The Kier molecular flexibility index (Phi) is 11.1. The van der Waals surface area contributed by atoms with Crippen molar-refractivity contribution in [3.8, 4) is 0 Å².